The average molecular weight is 527 g/mol. The second-order valence-electron chi connectivity index (χ2n) is 11.9. The summed E-state index contributed by atoms with van der Waals surface area (Å²) in [6.07, 6.45) is 3.77. The van der Waals surface area contributed by atoms with E-state index in [1.165, 1.54) is 5.56 Å². The molecule has 0 aromatic heterocycles. The zero-order valence-electron chi connectivity index (χ0n) is 23.6. The van der Waals surface area contributed by atoms with Gasteiger partial charge in [0.05, 0.1) is 13.2 Å². The van der Waals surface area contributed by atoms with Crippen molar-refractivity contribution in [2.24, 2.45) is 11.8 Å². The molecular formula is C34H42N2O3. The van der Waals surface area contributed by atoms with Crippen LogP contribution in [0.3, 0.4) is 0 Å². The molecule has 0 radical (unpaired) electrons. The smallest absolute Gasteiger partial charge is 0.254 e. The molecule has 0 spiro atoms. The monoisotopic (exact) mass is 526 g/mol. The van der Waals surface area contributed by atoms with Crippen molar-refractivity contribution >= 4 is 16.7 Å². The van der Waals surface area contributed by atoms with Crippen LogP contribution in [0.1, 0.15) is 49.0 Å². The van der Waals surface area contributed by atoms with E-state index in [9.17, 15) is 9.90 Å². The van der Waals surface area contributed by atoms with Crippen LogP contribution in [0.2, 0.25) is 0 Å². The van der Waals surface area contributed by atoms with Crippen molar-refractivity contribution in [1.29, 1.82) is 0 Å². The first-order chi connectivity index (χ1) is 18.8. The van der Waals surface area contributed by atoms with E-state index in [4.69, 9.17) is 4.74 Å². The van der Waals surface area contributed by atoms with Gasteiger partial charge in [-0.3, -0.25) is 9.69 Å². The number of benzene rings is 3. The summed E-state index contributed by atoms with van der Waals surface area (Å²) in [7, 11) is 1.70. The number of methoxy groups -OCH3 is 1. The molecule has 0 bridgehead atoms. The van der Waals surface area contributed by atoms with E-state index in [0.717, 1.165) is 49.0 Å². The fourth-order valence-electron chi connectivity index (χ4n) is 7.05. The second kappa shape index (κ2) is 11.5. The zero-order chi connectivity index (χ0) is 27.6. The number of hydrogen-bond donors (Lipinski definition) is 1. The molecule has 1 amide bonds. The maximum atomic E-state index is 14.2. The summed E-state index contributed by atoms with van der Waals surface area (Å²) in [5.41, 5.74) is 1.67. The molecule has 1 saturated carbocycles. The highest BCUT2D eigenvalue weighted by molar-refractivity contribution is 5.98. The summed E-state index contributed by atoms with van der Waals surface area (Å²) in [4.78, 5) is 18.6. The van der Waals surface area contributed by atoms with Crippen molar-refractivity contribution in [3.8, 4) is 5.75 Å². The Hall–Kier alpha value is -3.15. The number of carbonyl (C=O) groups is 1. The topological polar surface area (TPSA) is 53.0 Å². The van der Waals surface area contributed by atoms with Gasteiger partial charge in [0.1, 0.15) is 5.75 Å². The minimum atomic E-state index is -0.512. The molecule has 1 aliphatic carbocycles. The summed E-state index contributed by atoms with van der Waals surface area (Å²) >= 11 is 0. The van der Waals surface area contributed by atoms with Crippen molar-refractivity contribution in [3.63, 3.8) is 0 Å². The van der Waals surface area contributed by atoms with Gasteiger partial charge in [-0.2, -0.15) is 0 Å². The molecule has 39 heavy (non-hydrogen) atoms. The Bertz CT molecular complexity index is 1320. The molecule has 1 aliphatic heterocycles. The fourth-order valence-corrected chi connectivity index (χ4v) is 7.05. The number of aliphatic hydroxyl groups is 1. The van der Waals surface area contributed by atoms with Crippen LogP contribution in [0.4, 0.5) is 0 Å². The van der Waals surface area contributed by atoms with Crippen LogP contribution >= 0.6 is 0 Å². The van der Waals surface area contributed by atoms with Crippen molar-refractivity contribution in [3.05, 3.63) is 90.5 Å². The van der Waals surface area contributed by atoms with Crippen LogP contribution in [-0.4, -0.2) is 66.2 Å². The minimum Gasteiger partial charge on any atom is -0.497 e. The van der Waals surface area contributed by atoms with E-state index < -0.39 is 6.10 Å². The highest BCUT2D eigenvalue weighted by Crippen LogP contribution is 2.51. The number of hydrogen-bond acceptors (Lipinski definition) is 4. The third-order valence-electron chi connectivity index (χ3n) is 8.91. The number of likely N-dealkylation sites (tertiary alicyclic amines) is 1. The summed E-state index contributed by atoms with van der Waals surface area (Å²) in [5.74, 6) is 1.27. The van der Waals surface area contributed by atoms with Crippen LogP contribution in [0.15, 0.2) is 79.4 Å². The molecular weight excluding hydrogens is 484 g/mol. The van der Waals surface area contributed by atoms with Gasteiger partial charge in [-0.25, -0.2) is 0 Å². The highest BCUT2D eigenvalue weighted by atomic mass is 16.5. The summed E-state index contributed by atoms with van der Waals surface area (Å²) in [5, 5.41) is 14.0. The third-order valence-corrected chi connectivity index (χ3v) is 8.91. The lowest BCUT2D eigenvalue weighted by Gasteiger charge is -2.56. The summed E-state index contributed by atoms with van der Waals surface area (Å²) < 4.78 is 5.62. The zero-order valence-corrected chi connectivity index (χ0v) is 23.6. The standard InChI is InChI=1S/C34H42N2O3/c1-5-16-35-17-15-34(28-11-8-12-30(19-28)39-4)21-29(20-32(37)31(34)23-35)36(22-24(2)3)33(38)27-14-13-25-9-6-7-10-26(25)18-27/h5-14,18-19,24,29,31-32,37H,1,15-17,20-23H2,2-4H3/t29-,31-,32?,34-/m0/s1. The van der Waals surface area contributed by atoms with Crippen molar-refractivity contribution < 1.29 is 14.6 Å². The Labute approximate surface area is 233 Å². The first-order valence-corrected chi connectivity index (χ1v) is 14.3. The molecule has 4 atom stereocenters. The first kappa shape index (κ1) is 27.4. The number of carbonyl (C=O) groups excluding carboxylic acids is 1. The Morgan fingerprint density at radius 2 is 1.95 bits per heavy atom. The predicted octanol–water partition coefficient (Wildman–Crippen LogP) is 5.92. The molecule has 1 saturated heterocycles. The van der Waals surface area contributed by atoms with Gasteiger partial charge in [-0.15, -0.1) is 6.58 Å². The van der Waals surface area contributed by atoms with E-state index in [1.54, 1.807) is 7.11 Å². The van der Waals surface area contributed by atoms with Crippen molar-refractivity contribution in [1.82, 2.24) is 9.80 Å². The van der Waals surface area contributed by atoms with E-state index in [1.807, 2.05) is 42.5 Å². The van der Waals surface area contributed by atoms with E-state index in [0.29, 0.717) is 24.4 Å². The number of amides is 1. The molecule has 206 valence electrons. The first-order valence-electron chi connectivity index (χ1n) is 14.3. The molecule has 1 unspecified atom stereocenters. The number of rotatable bonds is 8. The lowest BCUT2D eigenvalue weighted by Crippen LogP contribution is -2.61. The van der Waals surface area contributed by atoms with Gasteiger partial charge in [0.25, 0.3) is 5.91 Å². The van der Waals surface area contributed by atoms with E-state index in [-0.39, 0.29) is 23.3 Å². The molecule has 5 nitrogen and oxygen atoms in total. The highest BCUT2D eigenvalue weighted by Gasteiger charge is 2.53. The lowest BCUT2D eigenvalue weighted by atomic mass is 9.56. The van der Waals surface area contributed by atoms with Crippen LogP contribution in [-0.2, 0) is 5.41 Å². The molecule has 3 aromatic carbocycles. The lowest BCUT2D eigenvalue weighted by molar-refractivity contribution is -0.0630. The van der Waals surface area contributed by atoms with Gasteiger partial charge >= 0.3 is 0 Å². The number of nitrogens with zero attached hydrogens (tertiary/aromatic N) is 2. The van der Waals surface area contributed by atoms with Gasteiger partial charge in [-0.1, -0.05) is 62.4 Å². The molecule has 1 N–H and O–H groups in total. The van der Waals surface area contributed by atoms with Gasteiger partial charge in [0.2, 0.25) is 0 Å². The maximum absolute atomic E-state index is 14.2. The maximum Gasteiger partial charge on any atom is 0.254 e. The number of ether oxygens (including phenoxy) is 1. The minimum absolute atomic E-state index is 0.0509. The van der Waals surface area contributed by atoms with Crippen LogP contribution in [0, 0.1) is 11.8 Å². The van der Waals surface area contributed by atoms with Gasteiger partial charge in [-0.05, 0) is 72.3 Å². The largest absolute Gasteiger partial charge is 0.497 e. The molecule has 5 heteroatoms. The molecule has 2 fully saturated rings. The quantitative estimate of drug-likeness (QED) is 0.371. The van der Waals surface area contributed by atoms with Crippen LogP contribution in [0.25, 0.3) is 10.8 Å². The van der Waals surface area contributed by atoms with Gasteiger partial charge in [0, 0.05) is 42.6 Å². The Morgan fingerprint density at radius 3 is 2.69 bits per heavy atom. The average Bonchev–Trinajstić information content (AvgIpc) is 2.95. The fraction of sp³-hybridized carbons (Fsp3) is 0.441. The predicted molar refractivity (Wildman–Crippen MR) is 158 cm³/mol. The number of aliphatic hydroxyl groups excluding tert-OH is 1. The molecule has 1 heterocycles. The summed E-state index contributed by atoms with van der Waals surface area (Å²) in [6.45, 7) is 11.5. The Morgan fingerprint density at radius 1 is 1.15 bits per heavy atom. The number of fused-ring (bicyclic) bond motifs is 2. The Balaban J connectivity index is 1.53. The van der Waals surface area contributed by atoms with Crippen molar-refractivity contribution in [2.75, 3.05) is 33.3 Å². The van der Waals surface area contributed by atoms with Crippen molar-refractivity contribution in [2.45, 2.75) is 50.7 Å². The third kappa shape index (κ3) is 5.48. The summed E-state index contributed by atoms with van der Waals surface area (Å²) in [6, 6.07) is 22.5. The Kier molecular flexibility index (Phi) is 8.11. The van der Waals surface area contributed by atoms with E-state index in [2.05, 4.69) is 60.6 Å². The van der Waals surface area contributed by atoms with Gasteiger partial charge in [0.15, 0.2) is 0 Å². The van der Waals surface area contributed by atoms with E-state index >= 15 is 0 Å². The molecule has 3 aromatic rings. The normalized spacial score (nSPS) is 25.3. The van der Waals surface area contributed by atoms with Crippen LogP contribution < -0.4 is 4.74 Å². The van der Waals surface area contributed by atoms with Crippen LogP contribution in [0.5, 0.6) is 5.75 Å². The SMILES string of the molecule is C=CCN1CC[C@@]2(c3cccc(OC)c3)C[C@@H](N(CC(C)C)C(=O)c3ccc4ccccc4c3)CC(O)[C@@H]2C1. The second-order valence-corrected chi connectivity index (χ2v) is 11.9. The number of piperidine rings is 1. The molecule has 5 rings (SSSR count). The van der Waals surface area contributed by atoms with Gasteiger partial charge < -0.3 is 14.7 Å². The molecule has 2 aliphatic rings.